The van der Waals surface area contributed by atoms with Gasteiger partial charge in [-0.15, -0.1) is 11.3 Å². The van der Waals surface area contributed by atoms with Crippen LogP contribution >= 0.6 is 22.7 Å². The molecule has 0 bridgehead atoms. The lowest BCUT2D eigenvalue weighted by Crippen LogP contribution is -2.09. The number of carbonyl (C=O) groups excluding carboxylic acids is 1. The minimum atomic E-state index is -0.284. The largest absolute Gasteiger partial charge is 0.368 e. The van der Waals surface area contributed by atoms with Gasteiger partial charge in [0.1, 0.15) is 5.52 Å². The van der Waals surface area contributed by atoms with Crippen LogP contribution in [0, 0.1) is 0 Å². The minimum Gasteiger partial charge on any atom is -0.368 e. The van der Waals surface area contributed by atoms with Crippen LogP contribution in [0.2, 0.25) is 0 Å². The number of aromatic nitrogens is 3. The summed E-state index contributed by atoms with van der Waals surface area (Å²) >= 11 is 2.58. The van der Waals surface area contributed by atoms with Crippen molar-refractivity contribution in [3.05, 3.63) is 47.5 Å². The van der Waals surface area contributed by atoms with Crippen molar-refractivity contribution in [3.63, 3.8) is 0 Å². The zero-order valence-electron chi connectivity index (χ0n) is 13.0. The molecule has 3 aromatic heterocycles. The molecular formula is C16H11N5O3S2. The average Bonchev–Trinajstić information content (AvgIpc) is 3.28. The zero-order chi connectivity index (χ0) is 18.1. The molecule has 1 aromatic carbocycles. The number of nitrogens with one attached hydrogen (secondary N) is 1. The van der Waals surface area contributed by atoms with Crippen LogP contribution in [0.5, 0.6) is 5.75 Å². The van der Waals surface area contributed by atoms with Crippen LogP contribution < -0.4 is 15.9 Å². The maximum absolute atomic E-state index is 12.5. The number of hydrogen-bond donors (Lipinski definition) is 3. The Balaban J connectivity index is 1.57. The molecule has 4 rings (SSSR count). The normalized spacial score (nSPS) is 10.8. The molecule has 0 fully saturated rings. The Morgan fingerprint density at radius 1 is 1.15 bits per heavy atom. The van der Waals surface area contributed by atoms with Gasteiger partial charge in [0.05, 0.1) is 20.1 Å². The first-order chi connectivity index (χ1) is 12.6. The summed E-state index contributed by atoms with van der Waals surface area (Å²) in [7, 11) is 0. The van der Waals surface area contributed by atoms with Crippen LogP contribution in [-0.2, 0) is 0 Å². The molecule has 0 radical (unpaired) electrons. The van der Waals surface area contributed by atoms with Gasteiger partial charge in [0.15, 0.2) is 10.9 Å². The standard InChI is InChI=1S/C16H11N5O3S2/c17-15-18-7-6-8(19-15)10-4-5-12(25-10)14(22)21-16-20-13-9(24-23)2-1-3-11(13)26-16/h1-7,23H,(H2,17,18,19)(H,20,21,22). The second-order valence-electron chi connectivity index (χ2n) is 5.13. The number of para-hydroxylation sites is 1. The van der Waals surface area contributed by atoms with Gasteiger partial charge in [0.2, 0.25) is 5.95 Å². The van der Waals surface area contributed by atoms with Crippen molar-refractivity contribution in [2.75, 3.05) is 11.1 Å². The molecule has 8 nitrogen and oxygen atoms in total. The summed E-state index contributed by atoms with van der Waals surface area (Å²) in [6, 6.07) is 10.4. The predicted octanol–water partition coefficient (Wildman–Crippen LogP) is 3.50. The fraction of sp³-hybridized carbons (Fsp3) is 0. The maximum Gasteiger partial charge on any atom is 0.267 e. The van der Waals surface area contributed by atoms with Gasteiger partial charge >= 0.3 is 0 Å². The molecule has 0 atom stereocenters. The Morgan fingerprint density at radius 3 is 2.85 bits per heavy atom. The van der Waals surface area contributed by atoms with Crippen LogP contribution in [0.15, 0.2) is 42.6 Å². The Morgan fingerprint density at radius 2 is 2.04 bits per heavy atom. The summed E-state index contributed by atoms with van der Waals surface area (Å²) in [5, 5.41) is 12.1. The smallest absolute Gasteiger partial charge is 0.267 e. The van der Waals surface area contributed by atoms with E-state index in [0.29, 0.717) is 21.2 Å². The van der Waals surface area contributed by atoms with E-state index in [1.165, 1.54) is 22.7 Å². The summed E-state index contributed by atoms with van der Waals surface area (Å²) in [4.78, 5) is 30.4. The number of thiophene rings is 1. The van der Waals surface area contributed by atoms with Crippen molar-refractivity contribution in [1.29, 1.82) is 0 Å². The van der Waals surface area contributed by atoms with E-state index in [1.54, 1.807) is 36.5 Å². The molecule has 0 aliphatic rings. The zero-order valence-corrected chi connectivity index (χ0v) is 14.7. The first kappa shape index (κ1) is 16.4. The van der Waals surface area contributed by atoms with Crippen molar-refractivity contribution < 1.29 is 14.9 Å². The minimum absolute atomic E-state index is 0.179. The fourth-order valence-electron chi connectivity index (χ4n) is 2.32. The molecule has 10 heteroatoms. The summed E-state index contributed by atoms with van der Waals surface area (Å²) in [5.41, 5.74) is 6.74. The number of nitrogen functional groups attached to an aromatic ring is 1. The van der Waals surface area contributed by atoms with Gasteiger partial charge in [-0.3, -0.25) is 10.1 Å². The Hall–Kier alpha value is -3.08. The molecule has 0 spiro atoms. The summed E-state index contributed by atoms with van der Waals surface area (Å²) < 4.78 is 0.787. The molecule has 3 heterocycles. The molecule has 0 saturated heterocycles. The third kappa shape index (κ3) is 3.08. The van der Waals surface area contributed by atoms with E-state index in [0.717, 1.165) is 9.58 Å². The van der Waals surface area contributed by atoms with E-state index in [-0.39, 0.29) is 17.6 Å². The van der Waals surface area contributed by atoms with Crippen LogP contribution in [0.4, 0.5) is 11.1 Å². The number of nitrogens with two attached hydrogens (primary N) is 1. The molecule has 26 heavy (non-hydrogen) atoms. The first-order valence-electron chi connectivity index (χ1n) is 7.35. The molecule has 0 aliphatic carbocycles. The SMILES string of the molecule is Nc1nccc(-c2ccc(C(=O)Nc3nc4c(OO)cccc4s3)s2)n1. The molecule has 130 valence electrons. The van der Waals surface area contributed by atoms with Gasteiger partial charge in [-0.1, -0.05) is 17.4 Å². The molecule has 1 amide bonds. The van der Waals surface area contributed by atoms with E-state index in [9.17, 15) is 4.79 Å². The Kier molecular flexibility index (Phi) is 4.21. The van der Waals surface area contributed by atoms with Crippen LogP contribution in [0.3, 0.4) is 0 Å². The van der Waals surface area contributed by atoms with E-state index in [2.05, 4.69) is 25.2 Å². The molecule has 0 unspecified atom stereocenters. The quantitative estimate of drug-likeness (QED) is 0.363. The number of amides is 1. The van der Waals surface area contributed by atoms with Crippen LogP contribution in [0.25, 0.3) is 20.8 Å². The maximum atomic E-state index is 12.5. The van der Waals surface area contributed by atoms with Gasteiger partial charge in [-0.2, -0.15) is 0 Å². The highest BCUT2D eigenvalue weighted by molar-refractivity contribution is 7.22. The number of anilines is 2. The highest BCUT2D eigenvalue weighted by Gasteiger charge is 2.15. The monoisotopic (exact) mass is 385 g/mol. The number of fused-ring (bicyclic) bond motifs is 1. The third-order valence-electron chi connectivity index (χ3n) is 3.46. The number of rotatable bonds is 4. The average molecular weight is 385 g/mol. The van der Waals surface area contributed by atoms with Crippen molar-refractivity contribution in [3.8, 4) is 16.3 Å². The molecule has 0 saturated carbocycles. The topological polar surface area (TPSA) is 123 Å². The van der Waals surface area contributed by atoms with E-state index >= 15 is 0 Å². The lowest BCUT2D eigenvalue weighted by atomic mass is 10.3. The van der Waals surface area contributed by atoms with E-state index in [1.807, 2.05) is 6.07 Å². The second-order valence-corrected chi connectivity index (χ2v) is 7.25. The van der Waals surface area contributed by atoms with Gasteiger partial charge in [0.25, 0.3) is 5.91 Å². The summed E-state index contributed by atoms with van der Waals surface area (Å²) in [6.07, 6.45) is 1.57. The lowest BCUT2D eigenvalue weighted by Gasteiger charge is -1.98. The van der Waals surface area contributed by atoms with Crippen LogP contribution in [-0.4, -0.2) is 26.1 Å². The van der Waals surface area contributed by atoms with Crippen molar-refractivity contribution >= 4 is 49.9 Å². The van der Waals surface area contributed by atoms with Crippen LogP contribution in [0.1, 0.15) is 9.67 Å². The number of benzene rings is 1. The van der Waals surface area contributed by atoms with Crippen molar-refractivity contribution in [1.82, 2.24) is 15.0 Å². The fourth-order valence-corrected chi connectivity index (χ4v) is 4.07. The lowest BCUT2D eigenvalue weighted by molar-refractivity contribution is -0.136. The van der Waals surface area contributed by atoms with E-state index < -0.39 is 0 Å². The third-order valence-corrected chi connectivity index (χ3v) is 5.50. The van der Waals surface area contributed by atoms with Crippen molar-refractivity contribution in [2.45, 2.75) is 0 Å². The van der Waals surface area contributed by atoms with Gasteiger partial charge in [-0.25, -0.2) is 20.2 Å². The molecule has 4 N–H and O–H groups in total. The summed E-state index contributed by atoms with van der Waals surface area (Å²) in [6.45, 7) is 0. The van der Waals surface area contributed by atoms with Crippen molar-refractivity contribution in [2.24, 2.45) is 0 Å². The number of carbonyl (C=O) groups is 1. The first-order valence-corrected chi connectivity index (χ1v) is 8.98. The predicted molar refractivity (Wildman–Crippen MR) is 101 cm³/mol. The van der Waals surface area contributed by atoms with Gasteiger partial charge in [0, 0.05) is 6.20 Å². The van der Waals surface area contributed by atoms with Gasteiger partial charge in [-0.05, 0) is 30.3 Å². The molecule has 0 aliphatic heterocycles. The number of nitrogens with zero attached hydrogens (tertiary/aromatic N) is 3. The number of thiazole rings is 1. The summed E-state index contributed by atoms with van der Waals surface area (Å²) in [5.74, 6) is 0.131. The number of hydrogen-bond acceptors (Lipinski definition) is 9. The van der Waals surface area contributed by atoms with Gasteiger partial charge < -0.3 is 10.6 Å². The highest BCUT2D eigenvalue weighted by Crippen LogP contribution is 2.33. The van der Waals surface area contributed by atoms with E-state index in [4.69, 9.17) is 11.0 Å². The Labute approximate surface area is 154 Å². The molecule has 4 aromatic rings. The second kappa shape index (κ2) is 6.67. The Bertz CT molecular complexity index is 1110. The molecular weight excluding hydrogens is 374 g/mol. The highest BCUT2D eigenvalue weighted by atomic mass is 32.1.